The van der Waals surface area contributed by atoms with Crippen molar-refractivity contribution in [3.8, 4) is 11.5 Å². The van der Waals surface area contributed by atoms with E-state index in [-0.39, 0.29) is 0 Å². The molecule has 0 aliphatic carbocycles. The van der Waals surface area contributed by atoms with Crippen molar-refractivity contribution in [3.05, 3.63) is 54.4 Å². The van der Waals surface area contributed by atoms with Crippen molar-refractivity contribution >= 4 is 11.0 Å². The number of hydrogen-bond donors (Lipinski definition) is 0. The second kappa shape index (κ2) is 6.49. The minimum absolute atomic E-state index is 0.379. The fourth-order valence-corrected chi connectivity index (χ4v) is 2.33. The van der Waals surface area contributed by atoms with E-state index in [0.29, 0.717) is 13.3 Å². The van der Waals surface area contributed by atoms with Gasteiger partial charge in [-0.15, -0.1) is 0 Å². The van der Waals surface area contributed by atoms with Crippen LogP contribution in [0.5, 0.6) is 11.5 Å². The van der Waals surface area contributed by atoms with Crippen LogP contribution in [0.25, 0.3) is 11.0 Å². The third kappa shape index (κ3) is 2.89. The van der Waals surface area contributed by atoms with Gasteiger partial charge in [-0.1, -0.05) is 12.1 Å². The predicted octanol–water partition coefficient (Wildman–Crippen LogP) is 3.23. The molecule has 22 heavy (non-hydrogen) atoms. The van der Waals surface area contributed by atoms with E-state index in [2.05, 4.69) is 4.98 Å². The molecule has 0 N–H and O–H groups in total. The molecule has 0 saturated carbocycles. The smallest absolute Gasteiger partial charge is 0.149 e. The lowest BCUT2D eigenvalue weighted by molar-refractivity contribution is 0.127. The molecule has 5 heteroatoms. The lowest BCUT2D eigenvalue weighted by Gasteiger charge is -2.09. The molecule has 0 bridgehead atoms. The summed E-state index contributed by atoms with van der Waals surface area (Å²) in [5.41, 5.74) is 1.98. The molecule has 1 heterocycles. The second-order valence-electron chi connectivity index (χ2n) is 4.83. The number of para-hydroxylation sites is 2. The molecule has 114 valence electrons. The quantitative estimate of drug-likeness (QED) is 0.701. The predicted molar refractivity (Wildman–Crippen MR) is 84.1 cm³/mol. The Labute approximate surface area is 129 Å². The van der Waals surface area contributed by atoms with Crippen molar-refractivity contribution in [2.75, 3.05) is 14.2 Å². The van der Waals surface area contributed by atoms with E-state index in [1.165, 1.54) is 0 Å². The molecule has 0 amide bonds. The lowest BCUT2D eigenvalue weighted by atomic mass is 10.3. The van der Waals surface area contributed by atoms with Gasteiger partial charge in [0.2, 0.25) is 0 Å². The second-order valence-corrected chi connectivity index (χ2v) is 4.83. The lowest BCUT2D eigenvalue weighted by Crippen LogP contribution is -2.08. The molecule has 0 unspecified atom stereocenters. The van der Waals surface area contributed by atoms with Crippen molar-refractivity contribution < 1.29 is 14.2 Å². The van der Waals surface area contributed by atoms with E-state index < -0.39 is 0 Å². The van der Waals surface area contributed by atoms with Crippen LogP contribution in [0, 0.1) is 0 Å². The molecule has 5 nitrogen and oxygen atoms in total. The number of ether oxygens (including phenoxy) is 3. The van der Waals surface area contributed by atoms with Crippen LogP contribution in [0.1, 0.15) is 5.82 Å². The highest BCUT2D eigenvalue weighted by Gasteiger charge is 2.10. The van der Waals surface area contributed by atoms with E-state index in [9.17, 15) is 0 Å². The molecular formula is C17H18N2O3. The first-order valence-corrected chi connectivity index (χ1v) is 7.02. The van der Waals surface area contributed by atoms with Crippen LogP contribution in [0.3, 0.4) is 0 Å². The van der Waals surface area contributed by atoms with Gasteiger partial charge in [0.1, 0.15) is 30.7 Å². The van der Waals surface area contributed by atoms with Crippen molar-refractivity contribution in [2.45, 2.75) is 13.3 Å². The van der Waals surface area contributed by atoms with Crippen LogP contribution in [0.2, 0.25) is 0 Å². The normalized spacial score (nSPS) is 10.8. The van der Waals surface area contributed by atoms with Crippen LogP contribution in [-0.2, 0) is 18.1 Å². The Balaban J connectivity index is 1.81. The first-order chi connectivity index (χ1) is 10.8. The van der Waals surface area contributed by atoms with Gasteiger partial charge in [0.15, 0.2) is 0 Å². The van der Waals surface area contributed by atoms with Gasteiger partial charge >= 0.3 is 0 Å². The highest BCUT2D eigenvalue weighted by Crippen LogP contribution is 2.20. The maximum Gasteiger partial charge on any atom is 0.149 e. The molecule has 0 aliphatic rings. The summed E-state index contributed by atoms with van der Waals surface area (Å²) in [6.45, 7) is 0.826. The number of fused-ring (bicyclic) bond motifs is 1. The molecule has 3 aromatic rings. The summed E-state index contributed by atoms with van der Waals surface area (Å²) in [5.74, 6) is 2.41. The zero-order chi connectivity index (χ0) is 15.4. The van der Waals surface area contributed by atoms with Crippen LogP contribution >= 0.6 is 0 Å². The van der Waals surface area contributed by atoms with Crippen LogP contribution in [0.4, 0.5) is 0 Å². The molecule has 0 saturated heterocycles. The first kappa shape index (κ1) is 14.4. The molecule has 0 aliphatic heterocycles. The molecule has 0 spiro atoms. The van der Waals surface area contributed by atoms with Crippen molar-refractivity contribution in [2.24, 2.45) is 0 Å². The minimum Gasteiger partial charge on any atom is -0.497 e. The van der Waals surface area contributed by atoms with Gasteiger partial charge in [0.05, 0.1) is 18.1 Å². The van der Waals surface area contributed by atoms with Gasteiger partial charge in [0, 0.05) is 7.11 Å². The molecule has 0 atom stereocenters. The monoisotopic (exact) mass is 298 g/mol. The van der Waals surface area contributed by atoms with Gasteiger partial charge in [-0.2, -0.15) is 0 Å². The number of nitrogens with zero attached hydrogens (tertiary/aromatic N) is 2. The molecule has 0 radical (unpaired) electrons. The van der Waals surface area contributed by atoms with Crippen molar-refractivity contribution in [3.63, 3.8) is 0 Å². The number of hydrogen-bond acceptors (Lipinski definition) is 4. The third-order valence-electron chi connectivity index (χ3n) is 3.42. The largest absolute Gasteiger partial charge is 0.497 e. The highest BCUT2D eigenvalue weighted by molar-refractivity contribution is 5.75. The Morgan fingerprint density at radius 3 is 2.41 bits per heavy atom. The van der Waals surface area contributed by atoms with Gasteiger partial charge in [-0.05, 0) is 36.4 Å². The summed E-state index contributed by atoms with van der Waals surface area (Å²) in [6.07, 6.45) is 0. The first-order valence-electron chi connectivity index (χ1n) is 7.02. The molecular weight excluding hydrogens is 280 g/mol. The Hall–Kier alpha value is -2.53. The van der Waals surface area contributed by atoms with Gasteiger partial charge in [-0.3, -0.25) is 0 Å². The summed E-state index contributed by atoms with van der Waals surface area (Å²) in [5, 5.41) is 0. The van der Waals surface area contributed by atoms with Crippen LogP contribution in [-0.4, -0.2) is 23.8 Å². The standard InChI is InChI=1S/C17H18N2O3/c1-20-12-19-16-6-4-3-5-15(16)18-17(19)11-22-14-9-7-13(21-2)8-10-14/h3-10H,11-12H2,1-2H3. The van der Waals surface area contributed by atoms with E-state index >= 15 is 0 Å². The fraction of sp³-hybridized carbons (Fsp3) is 0.235. The van der Waals surface area contributed by atoms with Crippen LogP contribution < -0.4 is 9.47 Å². The fourth-order valence-electron chi connectivity index (χ4n) is 2.33. The van der Waals surface area contributed by atoms with Gasteiger partial charge in [0.25, 0.3) is 0 Å². The number of benzene rings is 2. The van der Waals surface area contributed by atoms with E-state index in [1.54, 1.807) is 14.2 Å². The number of methoxy groups -OCH3 is 2. The third-order valence-corrected chi connectivity index (χ3v) is 3.42. The molecule has 3 rings (SSSR count). The maximum absolute atomic E-state index is 5.81. The number of imidazole rings is 1. The summed E-state index contributed by atoms with van der Waals surface area (Å²) < 4.78 is 18.2. The molecule has 1 aromatic heterocycles. The van der Waals surface area contributed by atoms with Gasteiger partial charge in [-0.25, -0.2) is 4.98 Å². The number of rotatable bonds is 6. The summed E-state index contributed by atoms with van der Waals surface area (Å²) in [7, 11) is 3.31. The molecule has 2 aromatic carbocycles. The average Bonchev–Trinajstić information content (AvgIpc) is 2.92. The maximum atomic E-state index is 5.81. The Morgan fingerprint density at radius 2 is 1.68 bits per heavy atom. The summed E-state index contributed by atoms with van der Waals surface area (Å²) >= 11 is 0. The topological polar surface area (TPSA) is 45.5 Å². The van der Waals surface area contributed by atoms with Crippen LogP contribution in [0.15, 0.2) is 48.5 Å². The average molecular weight is 298 g/mol. The van der Waals surface area contributed by atoms with E-state index in [4.69, 9.17) is 14.2 Å². The van der Waals surface area contributed by atoms with E-state index in [0.717, 1.165) is 28.4 Å². The zero-order valence-electron chi connectivity index (χ0n) is 12.7. The highest BCUT2D eigenvalue weighted by atomic mass is 16.5. The minimum atomic E-state index is 0.379. The van der Waals surface area contributed by atoms with Crippen molar-refractivity contribution in [1.82, 2.24) is 9.55 Å². The SMILES string of the molecule is COCn1c(COc2ccc(OC)cc2)nc2ccccc21. The van der Waals surface area contributed by atoms with Crippen molar-refractivity contribution in [1.29, 1.82) is 0 Å². The van der Waals surface area contributed by atoms with E-state index in [1.807, 2.05) is 53.1 Å². The summed E-state index contributed by atoms with van der Waals surface area (Å²) in [6, 6.07) is 15.5. The Kier molecular flexibility index (Phi) is 4.25. The Morgan fingerprint density at radius 1 is 0.955 bits per heavy atom. The molecule has 0 fully saturated rings. The summed E-state index contributed by atoms with van der Waals surface area (Å²) in [4.78, 5) is 4.61. The zero-order valence-corrected chi connectivity index (χ0v) is 12.7. The Bertz CT molecular complexity index is 750. The van der Waals surface area contributed by atoms with Gasteiger partial charge < -0.3 is 18.8 Å². The number of aromatic nitrogens is 2.